The number of halogens is 1. The zero-order chi connectivity index (χ0) is 16.3. The summed E-state index contributed by atoms with van der Waals surface area (Å²) in [6, 6.07) is 6.36. The first kappa shape index (κ1) is 17.4. The summed E-state index contributed by atoms with van der Waals surface area (Å²) in [4.78, 5) is 12.7. The lowest BCUT2D eigenvalue weighted by atomic mass is 9.99. The van der Waals surface area contributed by atoms with Crippen LogP contribution in [0.4, 0.5) is 0 Å². The number of rotatable bonds is 6. The van der Waals surface area contributed by atoms with Gasteiger partial charge in [-0.05, 0) is 49.6 Å². The number of aliphatic carboxylic acids is 1. The van der Waals surface area contributed by atoms with Crippen LogP contribution in [-0.2, 0) is 14.6 Å². The minimum Gasteiger partial charge on any atom is -0.480 e. The van der Waals surface area contributed by atoms with Crippen molar-refractivity contribution < 1.29 is 18.3 Å². The first-order valence-electron chi connectivity index (χ1n) is 7.21. The van der Waals surface area contributed by atoms with Crippen molar-refractivity contribution in [3.8, 4) is 0 Å². The second kappa shape index (κ2) is 7.10. The second-order valence-corrected chi connectivity index (χ2v) is 8.78. The van der Waals surface area contributed by atoms with E-state index in [1.165, 1.54) is 11.1 Å². The topological polar surface area (TPSA) is 74.7 Å². The molecule has 2 rings (SSSR count). The van der Waals surface area contributed by atoms with Gasteiger partial charge in [-0.15, -0.1) is 0 Å². The molecule has 0 radical (unpaired) electrons. The van der Waals surface area contributed by atoms with Crippen LogP contribution < -0.4 is 0 Å². The SMILES string of the molecule is Cc1cc(Br)ccc1C1CCCN1CCS(=O)(=O)CC(=O)O. The number of likely N-dealkylation sites (tertiary alicyclic amines) is 1. The van der Waals surface area contributed by atoms with E-state index in [2.05, 4.69) is 39.9 Å². The Kier molecular flexibility index (Phi) is 5.63. The maximum Gasteiger partial charge on any atom is 0.318 e. The van der Waals surface area contributed by atoms with Crippen LogP contribution in [0.3, 0.4) is 0 Å². The molecular formula is C15H20BrNO4S. The predicted octanol–water partition coefficient (Wildman–Crippen LogP) is 2.39. The van der Waals surface area contributed by atoms with Crippen LogP contribution in [0.2, 0.25) is 0 Å². The Morgan fingerprint density at radius 1 is 1.45 bits per heavy atom. The maximum absolute atomic E-state index is 11.7. The summed E-state index contributed by atoms with van der Waals surface area (Å²) < 4.78 is 24.5. The van der Waals surface area contributed by atoms with Gasteiger partial charge in [-0.1, -0.05) is 22.0 Å². The van der Waals surface area contributed by atoms with E-state index in [0.29, 0.717) is 6.54 Å². The molecule has 1 aliphatic heterocycles. The molecule has 22 heavy (non-hydrogen) atoms. The van der Waals surface area contributed by atoms with Crippen LogP contribution >= 0.6 is 15.9 Å². The Morgan fingerprint density at radius 2 is 2.18 bits per heavy atom. The van der Waals surface area contributed by atoms with Crippen molar-refractivity contribution in [1.29, 1.82) is 0 Å². The van der Waals surface area contributed by atoms with Gasteiger partial charge in [0.2, 0.25) is 0 Å². The van der Waals surface area contributed by atoms with Gasteiger partial charge in [0, 0.05) is 17.1 Å². The summed E-state index contributed by atoms with van der Waals surface area (Å²) in [7, 11) is -3.54. The highest BCUT2D eigenvalue weighted by Gasteiger charge is 2.28. The predicted molar refractivity (Wildman–Crippen MR) is 88.7 cm³/mol. The molecule has 1 aliphatic rings. The Hall–Kier alpha value is -0.920. The van der Waals surface area contributed by atoms with Gasteiger partial charge < -0.3 is 5.11 Å². The van der Waals surface area contributed by atoms with Crippen molar-refractivity contribution in [2.24, 2.45) is 0 Å². The third-order valence-corrected chi connectivity index (χ3v) is 5.97. The number of nitrogens with zero attached hydrogens (tertiary/aromatic N) is 1. The summed E-state index contributed by atoms with van der Waals surface area (Å²) >= 11 is 3.45. The maximum atomic E-state index is 11.7. The van der Waals surface area contributed by atoms with Crippen molar-refractivity contribution >= 4 is 31.7 Å². The van der Waals surface area contributed by atoms with Gasteiger partial charge in [0.15, 0.2) is 9.84 Å². The number of sulfone groups is 1. The van der Waals surface area contributed by atoms with Crippen LogP contribution in [0.15, 0.2) is 22.7 Å². The molecule has 1 saturated heterocycles. The molecule has 7 heteroatoms. The highest BCUT2D eigenvalue weighted by Crippen LogP contribution is 2.34. The first-order valence-corrected chi connectivity index (χ1v) is 9.82. The molecule has 1 aromatic carbocycles. The quantitative estimate of drug-likeness (QED) is 0.808. The molecule has 1 N–H and O–H groups in total. The van der Waals surface area contributed by atoms with E-state index in [0.717, 1.165) is 23.9 Å². The summed E-state index contributed by atoms with van der Waals surface area (Å²) in [5, 5.41) is 8.64. The van der Waals surface area contributed by atoms with Crippen molar-refractivity contribution in [2.75, 3.05) is 24.6 Å². The zero-order valence-corrected chi connectivity index (χ0v) is 14.9. The average Bonchev–Trinajstić information content (AvgIpc) is 2.83. The van der Waals surface area contributed by atoms with E-state index in [4.69, 9.17) is 5.11 Å². The summed E-state index contributed by atoms with van der Waals surface area (Å²) in [5.41, 5.74) is 2.40. The number of benzene rings is 1. The van der Waals surface area contributed by atoms with Gasteiger partial charge in [-0.25, -0.2) is 8.42 Å². The molecule has 0 spiro atoms. The lowest BCUT2D eigenvalue weighted by molar-refractivity contribution is -0.134. The molecule has 1 fully saturated rings. The fourth-order valence-electron chi connectivity index (χ4n) is 2.98. The smallest absolute Gasteiger partial charge is 0.318 e. The number of carboxylic acid groups (broad SMARTS) is 1. The molecule has 1 heterocycles. The Bertz CT molecular complexity index is 660. The minimum atomic E-state index is -3.54. The number of aryl methyl sites for hydroxylation is 1. The van der Waals surface area contributed by atoms with E-state index in [-0.39, 0.29) is 11.8 Å². The second-order valence-electron chi connectivity index (χ2n) is 5.68. The third-order valence-electron chi connectivity index (χ3n) is 3.99. The van der Waals surface area contributed by atoms with Gasteiger partial charge in [0.1, 0.15) is 5.75 Å². The third kappa shape index (κ3) is 4.54. The molecule has 0 aliphatic carbocycles. The fourth-order valence-corrected chi connectivity index (χ4v) is 4.48. The summed E-state index contributed by atoms with van der Waals surface area (Å²) in [6.45, 7) is 3.29. The summed E-state index contributed by atoms with van der Waals surface area (Å²) in [5.74, 6) is -2.18. The molecular weight excluding hydrogens is 370 g/mol. The van der Waals surface area contributed by atoms with E-state index in [9.17, 15) is 13.2 Å². The average molecular weight is 390 g/mol. The fraction of sp³-hybridized carbons (Fsp3) is 0.533. The van der Waals surface area contributed by atoms with Crippen LogP contribution in [0.25, 0.3) is 0 Å². The largest absolute Gasteiger partial charge is 0.480 e. The van der Waals surface area contributed by atoms with Crippen molar-refractivity contribution in [3.05, 3.63) is 33.8 Å². The molecule has 5 nitrogen and oxygen atoms in total. The van der Waals surface area contributed by atoms with Crippen molar-refractivity contribution in [1.82, 2.24) is 4.90 Å². The number of hydrogen-bond acceptors (Lipinski definition) is 4. The monoisotopic (exact) mass is 389 g/mol. The number of carboxylic acids is 1. The lowest BCUT2D eigenvalue weighted by Crippen LogP contribution is -2.31. The zero-order valence-electron chi connectivity index (χ0n) is 12.5. The normalized spacial score (nSPS) is 19.5. The molecule has 122 valence electrons. The lowest BCUT2D eigenvalue weighted by Gasteiger charge is -2.26. The highest BCUT2D eigenvalue weighted by atomic mass is 79.9. The molecule has 0 aromatic heterocycles. The van der Waals surface area contributed by atoms with Crippen molar-refractivity contribution in [3.63, 3.8) is 0 Å². The Balaban J connectivity index is 2.06. The minimum absolute atomic E-state index is 0.106. The standard InChI is InChI=1S/C15H20BrNO4S/c1-11-9-12(16)4-5-13(11)14-3-2-6-17(14)7-8-22(20,21)10-15(18)19/h4-5,9,14H,2-3,6-8,10H2,1H3,(H,18,19). The van der Waals surface area contributed by atoms with Gasteiger partial charge in [0.05, 0.1) is 5.75 Å². The molecule has 0 saturated carbocycles. The molecule has 1 aromatic rings. The van der Waals surface area contributed by atoms with E-state index < -0.39 is 21.6 Å². The first-order chi connectivity index (χ1) is 10.3. The Labute approximate surface area is 139 Å². The van der Waals surface area contributed by atoms with Gasteiger partial charge in [0.25, 0.3) is 0 Å². The molecule has 0 amide bonds. The van der Waals surface area contributed by atoms with E-state index in [1.807, 2.05) is 6.07 Å². The molecule has 0 bridgehead atoms. The molecule has 1 unspecified atom stereocenters. The van der Waals surface area contributed by atoms with Crippen molar-refractivity contribution in [2.45, 2.75) is 25.8 Å². The van der Waals surface area contributed by atoms with Crippen LogP contribution in [-0.4, -0.2) is 49.0 Å². The van der Waals surface area contributed by atoms with Gasteiger partial charge in [-0.2, -0.15) is 0 Å². The van der Waals surface area contributed by atoms with Gasteiger partial charge >= 0.3 is 5.97 Å². The van der Waals surface area contributed by atoms with E-state index in [1.54, 1.807) is 0 Å². The number of carbonyl (C=O) groups is 1. The highest BCUT2D eigenvalue weighted by molar-refractivity contribution is 9.10. The van der Waals surface area contributed by atoms with E-state index >= 15 is 0 Å². The summed E-state index contributed by atoms with van der Waals surface area (Å²) in [6.07, 6.45) is 2.03. The van der Waals surface area contributed by atoms with Crippen LogP contribution in [0.5, 0.6) is 0 Å². The molecule has 1 atom stereocenters. The van der Waals surface area contributed by atoms with Crippen LogP contribution in [0.1, 0.15) is 30.0 Å². The van der Waals surface area contributed by atoms with Crippen LogP contribution in [0, 0.1) is 6.92 Å². The number of hydrogen-bond donors (Lipinski definition) is 1. The Morgan fingerprint density at radius 3 is 2.82 bits per heavy atom. The van der Waals surface area contributed by atoms with Gasteiger partial charge in [-0.3, -0.25) is 9.69 Å².